The Balaban J connectivity index is 2.02. The van der Waals surface area contributed by atoms with Crippen molar-refractivity contribution in [3.63, 3.8) is 0 Å². The van der Waals surface area contributed by atoms with Crippen molar-refractivity contribution in [2.75, 3.05) is 13.7 Å². The fourth-order valence-electron chi connectivity index (χ4n) is 4.06. The summed E-state index contributed by atoms with van der Waals surface area (Å²) in [6, 6.07) is 9.13. The summed E-state index contributed by atoms with van der Waals surface area (Å²) in [6.45, 7) is 5.58. The molecule has 4 unspecified atom stereocenters. The van der Waals surface area contributed by atoms with Crippen LogP contribution in [0, 0.1) is 11.3 Å². The van der Waals surface area contributed by atoms with Crippen LogP contribution in [0.5, 0.6) is 5.75 Å². The normalized spacial score (nSPS) is 38.6. The summed E-state index contributed by atoms with van der Waals surface area (Å²) in [5.74, 6) is 2.40. The molecule has 92 valence electrons. The van der Waals surface area contributed by atoms with Gasteiger partial charge in [0.1, 0.15) is 5.75 Å². The van der Waals surface area contributed by atoms with E-state index < -0.39 is 0 Å². The van der Waals surface area contributed by atoms with Gasteiger partial charge in [-0.25, -0.2) is 0 Å². The zero-order valence-electron chi connectivity index (χ0n) is 10.9. The van der Waals surface area contributed by atoms with Crippen LogP contribution in [0.15, 0.2) is 24.3 Å². The van der Waals surface area contributed by atoms with Crippen LogP contribution in [0.25, 0.3) is 0 Å². The van der Waals surface area contributed by atoms with Crippen molar-refractivity contribution in [2.45, 2.75) is 32.2 Å². The fourth-order valence-corrected chi connectivity index (χ4v) is 4.06. The standard InChI is InChI=1S/C15H21NO/c1-4-15(2)13-10-7-5-6-8-12(10)17-9-11(13)14(15)16-3/h5-8,11,13-14,16H,4,9H2,1-3H3. The van der Waals surface area contributed by atoms with E-state index in [1.807, 2.05) is 0 Å². The Labute approximate surface area is 103 Å². The third-order valence-electron chi connectivity index (χ3n) is 5.04. The summed E-state index contributed by atoms with van der Waals surface area (Å²) >= 11 is 0. The molecule has 3 rings (SSSR count). The van der Waals surface area contributed by atoms with Gasteiger partial charge < -0.3 is 10.1 Å². The van der Waals surface area contributed by atoms with E-state index in [-0.39, 0.29) is 0 Å². The van der Waals surface area contributed by atoms with Crippen LogP contribution >= 0.6 is 0 Å². The number of para-hydroxylation sites is 1. The number of nitrogens with one attached hydrogen (secondary N) is 1. The first-order chi connectivity index (χ1) is 8.22. The second-order valence-corrected chi connectivity index (χ2v) is 5.62. The van der Waals surface area contributed by atoms with Gasteiger partial charge in [0, 0.05) is 17.9 Å². The highest BCUT2D eigenvalue weighted by atomic mass is 16.5. The molecule has 0 aromatic heterocycles. The highest BCUT2D eigenvalue weighted by Crippen LogP contribution is 2.61. The molecule has 1 fully saturated rings. The molecule has 0 bridgehead atoms. The molecular weight excluding hydrogens is 210 g/mol. The van der Waals surface area contributed by atoms with Crippen LogP contribution < -0.4 is 10.1 Å². The summed E-state index contributed by atoms with van der Waals surface area (Å²) in [7, 11) is 2.08. The van der Waals surface area contributed by atoms with E-state index in [1.54, 1.807) is 0 Å². The first kappa shape index (κ1) is 11.1. The Morgan fingerprint density at radius 3 is 2.88 bits per heavy atom. The van der Waals surface area contributed by atoms with Gasteiger partial charge in [-0.05, 0) is 30.5 Å². The van der Waals surface area contributed by atoms with E-state index in [2.05, 4.69) is 50.5 Å². The molecule has 0 spiro atoms. The average molecular weight is 231 g/mol. The minimum absolute atomic E-state index is 0.374. The number of rotatable bonds is 2. The number of hydrogen-bond acceptors (Lipinski definition) is 2. The summed E-state index contributed by atoms with van der Waals surface area (Å²) in [4.78, 5) is 0. The SMILES string of the molecule is CCC1(C)C(NC)C2COc3ccccc3C21. The molecule has 1 aromatic rings. The highest BCUT2D eigenvalue weighted by Gasteiger charge is 2.59. The van der Waals surface area contributed by atoms with E-state index in [9.17, 15) is 0 Å². The van der Waals surface area contributed by atoms with Crippen molar-refractivity contribution in [1.29, 1.82) is 0 Å². The molecule has 2 heteroatoms. The maximum Gasteiger partial charge on any atom is 0.122 e. The van der Waals surface area contributed by atoms with Gasteiger partial charge in [-0.15, -0.1) is 0 Å². The molecule has 0 amide bonds. The molecule has 1 heterocycles. The summed E-state index contributed by atoms with van der Waals surface area (Å²) in [5, 5.41) is 3.49. The Bertz CT molecular complexity index is 431. The second-order valence-electron chi connectivity index (χ2n) is 5.62. The Morgan fingerprint density at radius 2 is 2.18 bits per heavy atom. The van der Waals surface area contributed by atoms with Gasteiger partial charge in [0.2, 0.25) is 0 Å². The average Bonchev–Trinajstić information content (AvgIpc) is 2.37. The Kier molecular flexibility index (Phi) is 2.44. The molecule has 1 aliphatic heterocycles. The van der Waals surface area contributed by atoms with Gasteiger partial charge >= 0.3 is 0 Å². The largest absolute Gasteiger partial charge is 0.493 e. The quantitative estimate of drug-likeness (QED) is 0.845. The van der Waals surface area contributed by atoms with Crippen LogP contribution in [0.3, 0.4) is 0 Å². The molecule has 2 aliphatic rings. The molecule has 17 heavy (non-hydrogen) atoms. The smallest absolute Gasteiger partial charge is 0.122 e. The Morgan fingerprint density at radius 1 is 1.41 bits per heavy atom. The topological polar surface area (TPSA) is 21.3 Å². The molecular formula is C15H21NO. The van der Waals surface area contributed by atoms with Gasteiger partial charge in [0.15, 0.2) is 0 Å². The lowest BCUT2D eigenvalue weighted by molar-refractivity contribution is -0.0613. The predicted octanol–water partition coefficient (Wildman–Crippen LogP) is 2.80. The van der Waals surface area contributed by atoms with Crippen molar-refractivity contribution in [2.24, 2.45) is 11.3 Å². The number of fused-ring (bicyclic) bond motifs is 3. The zero-order valence-corrected chi connectivity index (χ0v) is 10.9. The molecule has 1 aromatic carbocycles. The van der Waals surface area contributed by atoms with Gasteiger partial charge in [-0.3, -0.25) is 0 Å². The third-order valence-corrected chi connectivity index (χ3v) is 5.04. The third kappa shape index (κ3) is 1.30. The monoisotopic (exact) mass is 231 g/mol. The minimum Gasteiger partial charge on any atom is -0.493 e. The van der Waals surface area contributed by atoms with Gasteiger partial charge in [0.05, 0.1) is 6.61 Å². The van der Waals surface area contributed by atoms with Crippen LogP contribution in [-0.4, -0.2) is 19.7 Å². The molecule has 1 N–H and O–H groups in total. The van der Waals surface area contributed by atoms with Crippen LogP contribution in [0.1, 0.15) is 31.7 Å². The molecule has 0 radical (unpaired) electrons. The van der Waals surface area contributed by atoms with E-state index in [0.29, 0.717) is 23.3 Å². The molecule has 4 atom stereocenters. The van der Waals surface area contributed by atoms with Gasteiger partial charge in [0.25, 0.3) is 0 Å². The lowest BCUT2D eigenvalue weighted by Gasteiger charge is -2.61. The van der Waals surface area contributed by atoms with E-state index in [0.717, 1.165) is 12.4 Å². The maximum absolute atomic E-state index is 5.89. The Hall–Kier alpha value is -1.02. The minimum atomic E-state index is 0.374. The second kappa shape index (κ2) is 3.74. The van der Waals surface area contributed by atoms with Crippen LogP contribution in [0.4, 0.5) is 0 Å². The summed E-state index contributed by atoms with van der Waals surface area (Å²) in [5.41, 5.74) is 1.79. The van der Waals surface area contributed by atoms with Crippen molar-refractivity contribution >= 4 is 0 Å². The first-order valence-corrected chi connectivity index (χ1v) is 6.61. The van der Waals surface area contributed by atoms with Gasteiger partial charge in [-0.1, -0.05) is 32.0 Å². The lowest BCUT2D eigenvalue weighted by atomic mass is 9.47. The molecule has 1 aliphatic carbocycles. The lowest BCUT2D eigenvalue weighted by Crippen LogP contribution is -2.65. The molecule has 0 saturated heterocycles. The molecule has 1 saturated carbocycles. The van der Waals surface area contributed by atoms with E-state index in [1.165, 1.54) is 12.0 Å². The first-order valence-electron chi connectivity index (χ1n) is 6.61. The maximum atomic E-state index is 5.89. The van der Waals surface area contributed by atoms with Crippen molar-refractivity contribution in [3.8, 4) is 5.75 Å². The van der Waals surface area contributed by atoms with Crippen molar-refractivity contribution < 1.29 is 4.74 Å². The number of hydrogen-bond donors (Lipinski definition) is 1. The summed E-state index contributed by atoms with van der Waals surface area (Å²) in [6.07, 6.45) is 1.22. The highest BCUT2D eigenvalue weighted by molar-refractivity contribution is 5.43. The van der Waals surface area contributed by atoms with Gasteiger partial charge in [-0.2, -0.15) is 0 Å². The van der Waals surface area contributed by atoms with Crippen molar-refractivity contribution in [3.05, 3.63) is 29.8 Å². The zero-order chi connectivity index (χ0) is 12.0. The number of ether oxygens (including phenoxy) is 1. The van der Waals surface area contributed by atoms with Crippen LogP contribution in [0.2, 0.25) is 0 Å². The summed E-state index contributed by atoms with van der Waals surface area (Å²) < 4.78 is 5.89. The van der Waals surface area contributed by atoms with Crippen molar-refractivity contribution in [1.82, 2.24) is 5.32 Å². The predicted molar refractivity (Wildman–Crippen MR) is 69.4 cm³/mol. The fraction of sp³-hybridized carbons (Fsp3) is 0.600. The number of benzene rings is 1. The molecule has 2 nitrogen and oxygen atoms in total. The van der Waals surface area contributed by atoms with E-state index >= 15 is 0 Å². The van der Waals surface area contributed by atoms with E-state index in [4.69, 9.17) is 4.74 Å². The van der Waals surface area contributed by atoms with Crippen LogP contribution in [-0.2, 0) is 0 Å².